The number of benzene rings is 1. The molecule has 0 aliphatic carbocycles. The summed E-state index contributed by atoms with van der Waals surface area (Å²) in [6.07, 6.45) is 2.73. The van der Waals surface area contributed by atoms with Gasteiger partial charge in [0.2, 0.25) is 0 Å². The second kappa shape index (κ2) is 6.82. The lowest BCUT2D eigenvalue weighted by Crippen LogP contribution is -2.25. The predicted molar refractivity (Wildman–Crippen MR) is 80.4 cm³/mol. The lowest BCUT2D eigenvalue weighted by molar-refractivity contribution is 0.00542. The molecule has 0 spiro atoms. The molecular formula is C14H22N2O2S. The van der Waals surface area contributed by atoms with Gasteiger partial charge >= 0.3 is 0 Å². The van der Waals surface area contributed by atoms with Crippen molar-refractivity contribution in [1.29, 1.82) is 5.41 Å². The smallest absolute Gasteiger partial charge is 0.131 e. The number of thioether (sulfide) groups is 1. The SMILES string of the molecule is COC(C)(C)CCOc1cccc(SC)c1C(=N)N. The molecule has 1 aromatic rings. The van der Waals surface area contributed by atoms with Gasteiger partial charge in [-0.1, -0.05) is 6.07 Å². The number of nitrogens with one attached hydrogen (secondary N) is 1. The maximum atomic E-state index is 7.67. The van der Waals surface area contributed by atoms with Crippen LogP contribution in [-0.2, 0) is 4.74 Å². The zero-order valence-electron chi connectivity index (χ0n) is 11.9. The Hall–Kier alpha value is -1.20. The Bertz CT molecular complexity index is 447. The fourth-order valence-electron chi connectivity index (χ4n) is 1.58. The molecule has 19 heavy (non-hydrogen) atoms. The van der Waals surface area contributed by atoms with E-state index in [0.717, 1.165) is 11.3 Å². The molecule has 0 heterocycles. The van der Waals surface area contributed by atoms with Crippen molar-refractivity contribution < 1.29 is 9.47 Å². The molecule has 106 valence electrons. The number of nitrogens with two attached hydrogens (primary N) is 1. The minimum absolute atomic E-state index is 0.0333. The number of hydrogen-bond acceptors (Lipinski definition) is 4. The summed E-state index contributed by atoms with van der Waals surface area (Å²) >= 11 is 1.56. The summed E-state index contributed by atoms with van der Waals surface area (Å²) < 4.78 is 11.1. The summed E-state index contributed by atoms with van der Waals surface area (Å²) in [7, 11) is 1.69. The number of ether oxygens (including phenoxy) is 2. The second-order valence-electron chi connectivity index (χ2n) is 4.81. The summed E-state index contributed by atoms with van der Waals surface area (Å²) in [6, 6.07) is 5.69. The monoisotopic (exact) mass is 282 g/mol. The molecular weight excluding hydrogens is 260 g/mol. The number of rotatable bonds is 7. The van der Waals surface area contributed by atoms with E-state index in [1.54, 1.807) is 18.9 Å². The Morgan fingerprint density at radius 1 is 1.42 bits per heavy atom. The molecule has 3 N–H and O–H groups in total. The van der Waals surface area contributed by atoms with Crippen LogP contribution in [0.15, 0.2) is 23.1 Å². The lowest BCUT2D eigenvalue weighted by atomic mass is 10.1. The van der Waals surface area contributed by atoms with E-state index in [1.165, 1.54) is 0 Å². The highest BCUT2D eigenvalue weighted by Crippen LogP contribution is 2.28. The second-order valence-corrected chi connectivity index (χ2v) is 5.66. The summed E-state index contributed by atoms with van der Waals surface area (Å²) in [4.78, 5) is 0.955. The fourth-order valence-corrected chi connectivity index (χ4v) is 2.21. The first kappa shape index (κ1) is 15.9. The van der Waals surface area contributed by atoms with Crippen LogP contribution in [0.5, 0.6) is 5.75 Å². The normalized spacial score (nSPS) is 11.4. The summed E-state index contributed by atoms with van der Waals surface area (Å²) in [5, 5.41) is 7.67. The van der Waals surface area contributed by atoms with Crippen molar-refractivity contribution in [3.63, 3.8) is 0 Å². The molecule has 0 fully saturated rings. The van der Waals surface area contributed by atoms with E-state index in [-0.39, 0.29) is 11.4 Å². The van der Waals surface area contributed by atoms with Crippen LogP contribution in [0.1, 0.15) is 25.8 Å². The third kappa shape index (κ3) is 4.44. The fraction of sp³-hybridized carbons (Fsp3) is 0.500. The van der Waals surface area contributed by atoms with Crippen molar-refractivity contribution in [1.82, 2.24) is 0 Å². The van der Waals surface area contributed by atoms with Crippen LogP contribution in [0.3, 0.4) is 0 Å². The van der Waals surface area contributed by atoms with Gasteiger partial charge in [0.15, 0.2) is 0 Å². The van der Waals surface area contributed by atoms with Crippen LogP contribution in [0.2, 0.25) is 0 Å². The first-order valence-corrected chi connectivity index (χ1v) is 7.33. The number of hydrogen-bond donors (Lipinski definition) is 2. The van der Waals surface area contributed by atoms with Gasteiger partial charge in [-0.25, -0.2) is 0 Å². The zero-order chi connectivity index (χ0) is 14.5. The highest BCUT2D eigenvalue weighted by Gasteiger charge is 2.17. The number of amidine groups is 1. The van der Waals surface area contributed by atoms with Gasteiger partial charge in [0.05, 0.1) is 17.8 Å². The largest absolute Gasteiger partial charge is 0.493 e. The molecule has 0 radical (unpaired) electrons. The van der Waals surface area contributed by atoms with Gasteiger partial charge in [-0.15, -0.1) is 11.8 Å². The summed E-state index contributed by atoms with van der Waals surface area (Å²) in [5.41, 5.74) is 6.10. The topological polar surface area (TPSA) is 68.3 Å². The molecule has 5 heteroatoms. The van der Waals surface area contributed by atoms with Gasteiger partial charge in [-0.3, -0.25) is 5.41 Å². The molecule has 0 saturated heterocycles. The number of methoxy groups -OCH3 is 1. The predicted octanol–water partition coefficient (Wildman–Crippen LogP) is 2.89. The maximum absolute atomic E-state index is 7.67. The van der Waals surface area contributed by atoms with Crippen LogP contribution in [0.25, 0.3) is 0 Å². The number of nitrogen functional groups attached to an aromatic ring is 1. The summed E-state index contributed by atoms with van der Waals surface area (Å²) in [5.74, 6) is 0.692. The highest BCUT2D eigenvalue weighted by atomic mass is 32.2. The van der Waals surface area contributed by atoms with E-state index < -0.39 is 0 Å². The maximum Gasteiger partial charge on any atom is 0.131 e. The molecule has 0 saturated carbocycles. The minimum atomic E-state index is -0.215. The quantitative estimate of drug-likeness (QED) is 0.458. The van der Waals surface area contributed by atoms with Crippen molar-refractivity contribution in [2.45, 2.75) is 30.8 Å². The van der Waals surface area contributed by atoms with E-state index in [0.29, 0.717) is 17.9 Å². The van der Waals surface area contributed by atoms with Crippen molar-refractivity contribution in [3.05, 3.63) is 23.8 Å². The molecule has 0 bridgehead atoms. The standard InChI is InChI=1S/C14H22N2O2S/c1-14(2,17-3)8-9-18-10-6-5-7-11(19-4)12(10)13(15)16/h5-7H,8-9H2,1-4H3,(H3,15,16). The molecule has 0 aliphatic heterocycles. The average molecular weight is 282 g/mol. The molecule has 0 aromatic heterocycles. The van der Waals surface area contributed by atoms with Gasteiger partial charge in [0.25, 0.3) is 0 Å². The van der Waals surface area contributed by atoms with Gasteiger partial charge < -0.3 is 15.2 Å². The summed E-state index contributed by atoms with van der Waals surface area (Å²) in [6.45, 7) is 4.56. The molecule has 1 rings (SSSR count). The van der Waals surface area contributed by atoms with Gasteiger partial charge in [0, 0.05) is 18.4 Å². The van der Waals surface area contributed by atoms with Crippen molar-refractivity contribution in [2.75, 3.05) is 20.0 Å². The van der Waals surface area contributed by atoms with Crippen LogP contribution in [0.4, 0.5) is 0 Å². The van der Waals surface area contributed by atoms with E-state index in [1.807, 2.05) is 38.3 Å². The van der Waals surface area contributed by atoms with Crippen molar-refractivity contribution in [2.24, 2.45) is 5.73 Å². The Labute approximate surface area is 119 Å². The van der Waals surface area contributed by atoms with Crippen molar-refractivity contribution >= 4 is 17.6 Å². The minimum Gasteiger partial charge on any atom is -0.493 e. The zero-order valence-corrected chi connectivity index (χ0v) is 12.8. The first-order valence-electron chi connectivity index (χ1n) is 6.10. The van der Waals surface area contributed by atoms with E-state index in [9.17, 15) is 0 Å². The van der Waals surface area contributed by atoms with Crippen LogP contribution >= 0.6 is 11.8 Å². The molecule has 1 aromatic carbocycles. The average Bonchev–Trinajstić information content (AvgIpc) is 2.37. The Kier molecular flexibility index (Phi) is 5.69. The Balaban J connectivity index is 2.81. The van der Waals surface area contributed by atoms with Gasteiger partial charge in [-0.2, -0.15) is 0 Å². The first-order chi connectivity index (χ1) is 8.91. The molecule has 4 nitrogen and oxygen atoms in total. The molecule has 0 atom stereocenters. The van der Waals surface area contributed by atoms with Crippen LogP contribution < -0.4 is 10.5 Å². The Morgan fingerprint density at radius 2 is 2.11 bits per heavy atom. The molecule has 0 aliphatic rings. The van der Waals surface area contributed by atoms with E-state index in [4.69, 9.17) is 20.6 Å². The van der Waals surface area contributed by atoms with Gasteiger partial charge in [0.1, 0.15) is 11.6 Å². The van der Waals surface area contributed by atoms with E-state index in [2.05, 4.69) is 0 Å². The van der Waals surface area contributed by atoms with E-state index >= 15 is 0 Å². The molecule has 0 unspecified atom stereocenters. The third-order valence-corrected chi connectivity index (χ3v) is 3.77. The van der Waals surface area contributed by atoms with Crippen molar-refractivity contribution in [3.8, 4) is 5.75 Å². The van der Waals surface area contributed by atoms with Gasteiger partial charge in [-0.05, 0) is 32.2 Å². The van der Waals surface area contributed by atoms with Crippen LogP contribution in [0, 0.1) is 5.41 Å². The van der Waals surface area contributed by atoms with Crippen LogP contribution in [-0.4, -0.2) is 31.4 Å². The molecule has 0 amide bonds. The highest BCUT2D eigenvalue weighted by molar-refractivity contribution is 7.98. The lowest BCUT2D eigenvalue weighted by Gasteiger charge is -2.23. The Morgan fingerprint density at radius 3 is 2.63 bits per heavy atom. The third-order valence-electron chi connectivity index (χ3n) is 2.99.